The number of hydrogen-bond donors (Lipinski definition) is 3. The molecule has 0 atom stereocenters. The summed E-state index contributed by atoms with van der Waals surface area (Å²) in [6, 6.07) is 0. The van der Waals surface area contributed by atoms with Crippen molar-refractivity contribution in [3.63, 3.8) is 0 Å². The van der Waals surface area contributed by atoms with Crippen molar-refractivity contribution in [2.75, 3.05) is 0 Å². The lowest BCUT2D eigenvalue weighted by atomic mass is 10.3. The summed E-state index contributed by atoms with van der Waals surface area (Å²) in [5, 5.41) is 8.69. The molecule has 0 bridgehead atoms. The van der Waals surface area contributed by atoms with Gasteiger partial charge in [0.2, 0.25) is 0 Å². The van der Waals surface area contributed by atoms with Crippen molar-refractivity contribution in [2.45, 2.75) is 0 Å². The molecule has 1 aromatic rings. The lowest BCUT2D eigenvalue weighted by molar-refractivity contribution is 0.0988. The van der Waals surface area contributed by atoms with Gasteiger partial charge >= 0.3 is 11.2 Å². The van der Waals surface area contributed by atoms with E-state index in [9.17, 15) is 14.4 Å². The van der Waals surface area contributed by atoms with Crippen LogP contribution in [0.4, 0.5) is 0 Å². The van der Waals surface area contributed by atoms with Crippen LogP contribution in [0, 0.1) is 0 Å². The minimum Gasteiger partial charge on any atom is -0.421 e. The zero-order valence-corrected chi connectivity index (χ0v) is 5.77. The van der Waals surface area contributed by atoms with Crippen LogP contribution in [-0.4, -0.2) is 20.8 Å². The Balaban J connectivity index is 3.58. The maximum Gasteiger partial charge on any atom is 0.361 e. The molecule has 0 saturated heterocycles. The summed E-state index contributed by atoms with van der Waals surface area (Å²) < 4.78 is -0.222. The van der Waals surface area contributed by atoms with Crippen LogP contribution >= 0.6 is 0 Å². The number of primary amides is 1. The average Bonchev–Trinajstić information content (AvgIpc) is 2.00. The first-order valence-electron chi connectivity index (χ1n) is 2.88. The smallest absolute Gasteiger partial charge is 0.361 e. The first kappa shape index (κ1) is 8.05. The fraction of sp³-hybridized carbons (Fsp3) is 0. The van der Waals surface area contributed by atoms with Crippen LogP contribution in [0.1, 0.15) is 10.4 Å². The largest absolute Gasteiger partial charge is 0.421 e. The minimum absolute atomic E-state index is 0.222. The molecule has 0 spiro atoms. The number of nitrogens with zero attached hydrogens (tertiary/aromatic N) is 1. The molecular formula is C5H5N3O4. The standard InChI is InChI=1S/C5H5N3O4/c6-3(9)2-1-7-5(11)8(12)4(2)10/h1,12H,(H2,6,9)(H,7,11). The Labute approximate surface area is 65.0 Å². The van der Waals surface area contributed by atoms with E-state index >= 15 is 0 Å². The summed E-state index contributed by atoms with van der Waals surface area (Å²) in [4.78, 5) is 33.8. The monoisotopic (exact) mass is 171 g/mol. The van der Waals surface area contributed by atoms with Gasteiger partial charge < -0.3 is 15.9 Å². The average molecular weight is 171 g/mol. The lowest BCUT2D eigenvalue weighted by Crippen LogP contribution is -2.38. The Kier molecular flexibility index (Phi) is 1.70. The first-order chi connectivity index (χ1) is 5.54. The van der Waals surface area contributed by atoms with Gasteiger partial charge in [-0.1, -0.05) is 4.73 Å². The van der Waals surface area contributed by atoms with Crippen molar-refractivity contribution in [1.29, 1.82) is 0 Å². The van der Waals surface area contributed by atoms with E-state index in [-0.39, 0.29) is 4.73 Å². The fourth-order valence-corrected chi connectivity index (χ4v) is 0.640. The lowest BCUT2D eigenvalue weighted by Gasteiger charge is -1.95. The highest BCUT2D eigenvalue weighted by atomic mass is 16.5. The molecule has 64 valence electrons. The predicted octanol–water partition coefficient (Wildman–Crippen LogP) is -2.13. The Morgan fingerprint density at radius 1 is 1.58 bits per heavy atom. The third-order valence-corrected chi connectivity index (χ3v) is 1.22. The molecule has 0 fully saturated rings. The fourth-order valence-electron chi connectivity index (χ4n) is 0.640. The van der Waals surface area contributed by atoms with Crippen molar-refractivity contribution in [3.05, 3.63) is 32.6 Å². The van der Waals surface area contributed by atoms with E-state index in [1.54, 1.807) is 0 Å². The SMILES string of the molecule is NC(=O)c1c[nH]c(=O)n(O)c1=O. The van der Waals surface area contributed by atoms with E-state index in [0.717, 1.165) is 6.20 Å². The number of carbonyl (C=O) groups excluding carboxylic acids is 1. The highest BCUT2D eigenvalue weighted by Gasteiger charge is 2.09. The number of aromatic nitrogens is 2. The number of aromatic amines is 1. The van der Waals surface area contributed by atoms with E-state index in [2.05, 4.69) is 0 Å². The maximum absolute atomic E-state index is 10.8. The number of nitrogens with one attached hydrogen (secondary N) is 1. The molecule has 0 unspecified atom stereocenters. The zero-order chi connectivity index (χ0) is 9.30. The summed E-state index contributed by atoms with van der Waals surface area (Å²) in [6.07, 6.45) is 0.847. The van der Waals surface area contributed by atoms with E-state index in [1.807, 2.05) is 4.98 Å². The van der Waals surface area contributed by atoms with Crippen LogP contribution in [0.5, 0.6) is 0 Å². The third kappa shape index (κ3) is 1.07. The molecular weight excluding hydrogens is 166 g/mol. The van der Waals surface area contributed by atoms with Gasteiger partial charge in [-0.25, -0.2) is 4.79 Å². The number of rotatable bonds is 1. The molecule has 0 aromatic carbocycles. The van der Waals surface area contributed by atoms with Gasteiger partial charge in [-0.3, -0.25) is 9.59 Å². The summed E-state index contributed by atoms with van der Waals surface area (Å²) >= 11 is 0. The van der Waals surface area contributed by atoms with Gasteiger partial charge in [-0.2, -0.15) is 0 Å². The topological polar surface area (TPSA) is 118 Å². The van der Waals surface area contributed by atoms with Gasteiger partial charge in [-0.15, -0.1) is 0 Å². The number of H-pyrrole nitrogens is 1. The Hall–Kier alpha value is -2.05. The minimum atomic E-state index is -1.13. The molecule has 0 aliphatic heterocycles. The van der Waals surface area contributed by atoms with E-state index in [4.69, 9.17) is 10.9 Å². The zero-order valence-electron chi connectivity index (χ0n) is 5.77. The van der Waals surface area contributed by atoms with Gasteiger partial charge in [-0.05, 0) is 0 Å². The number of hydrogen-bond acceptors (Lipinski definition) is 4. The molecule has 1 amide bonds. The predicted molar refractivity (Wildman–Crippen MR) is 37.0 cm³/mol. The number of amides is 1. The Morgan fingerprint density at radius 3 is 2.67 bits per heavy atom. The van der Waals surface area contributed by atoms with Gasteiger partial charge in [0.1, 0.15) is 5.56 Å². The van der Waals surface area contributed by atoms with E-state index in [1.165, 1.54) is 0 Å². The van der Waals surface area contributed by atoms with E-state index in [0.29, 0.717) is 0 Å². The first-order valence-corrected chi connectivity index (χ1v) is 2.88. The Morgan fingerprint density at radius 2 is 2.17 bits per heavy atom. The number of nitrogens with two attached hydrogens (primary N) is 1. The molecule has 1 aromatic heterocycles. The summed E-state index contributed by atoms with van der Waals surface area (Å²) in [7, 11) is 0. The summed E-state index contributed by atoms with van der Waals surface area (Å²) in [5.74, 6) is -1.01. The van der Waals surface area contributed by atoms with Crippen LogP contribution < -0.4 is 17.0 Å². The molecule has 0 aliphatic rings. The molecule has 12 heavy (non-hydrogen) atoms. The maximum atomic E-state index is 10.8. The molecule has 0 radical (unpaired) electrons. The van der Waals surface area contributed by atoms with Gasteiger partial charge in [0.25, 0.3) is 5.91 Å². The van der Waals surface area contributed by atoms with Crippen molar-refractivity contribution >= 4 is 5.91 Å². The molecule has 7 heteroatoms. The van der Waals surface area contributed by atoms with Crippen LogP contribution in [-0.2, 0) is 0 Å². The highest BCUT2D eigenvalue weighted by Crippen LogP contribution is 1.80. The Bertz CT molecular complexity index is 429. The van der Waals surface area contributed by atoms with Crippen LogP contribution in [0.25, 0.3) is 0 Å². The van der Waals surface area contributed by atoms with Crippen LogP contribution in [0.2, 0.25) is 0 Å². The van der Waals surface area contributed by atoms with Crippen molar-refractivity contribution in [2.24, 2.45) is 5.73 Å². The number of carbonyl (C=O) groups is 1. The highest BCUT2D eigenvalue weighted by molar-refractivity contribution is 5.91. The molecule has 1 rings (SSSR count). The molecule has 0 aliphatic carbocycles. The summed E-state index contributed by atoms with van der Waals surface area (Å²) in [6.45, 7) is 0. The summed E-state index contributed by atoms with van der Waals surface area (Å²) in [5.41, 5.74) is 2.12. The second-order valence-corrected chi connectivity index (χ2v) is 1.99. The molecule has 4 N–H and O–H groups in total. The third-order valence-electron chi connectivity index (χ3n) is 1.22. The normalized spacial score (nSPS) is 9.67. The van der Waals surface area contributed by atoms with Gasteiger partial charge in [0.05, 0.1) is 0 Å². The van der Waals surface area contributed by atoms with Crippen LogP contribution in [0.3, 0.4) is 0 Å². The molecule has 1 heterocycles. The van der Waals surface area contributed by atoms with Gasteiger partial charge in [0, 0.05) is 6.20 Å². The quantitative estimate of drug-likeness (QED) is 0.418. The second-order valence-electron chi connectivity index (χ2n) is 1.99. The molecule has 7 nitrogen and oxygen atoms in total. The van der Waals surface area contributed by atoms with Crippen molar-refractivity contribution < 1.29 is 10.0 Å². The van der Waals surface area contributed by atoms with E-state index < -0.39 is 22.7 Å². The second kappa shape index (κ2) is 2.53. The van der Waals surface area contributed by atoms with Gasteiger partial charge in [0.15, 0.2) is 0 Å². The van der Waals surface area contributed by atoms with Crippen molar-refractivity contribution in [1.82, 2.24) is 9.71 Å². The molecule has 0 saturated carbocycles. The van der Waals surface area contributed by atoms with Crippen LogP contribution in [0.15, 0.2) is 15.8 Å². The van der Waals surface area contributed by atoms with Crippen molar-refractivity contribution in [3.8, 4) is 0 Å².